The van der Waals surface area contributed by atoms with E-state index < -0.39 is 0 Å². The van der Waals surface area contributed by atoms with Crippen LogP contribution in [-0.2, 0) is 12.1 Å². The van der Waals surface area contributed by atoms with E-state index in [1.807, 2.05) is 26.0 Å². The Bertz CT molecular complexity index is 930. The molecule has 0 amide bonds. The number of hydrogen-bond donors (Lipinski definition) is 1. The Morgan fingerprint density at radius 3 is 2.79 bits per heavy atom. The zero-order chi connectivity index (χ0) is 17.3. The summed E-state index contributed by atoms with van der Waals surface area (Å²) in [6.07, 6.45) is 2.66. The molecule has 0 saturated heterocycles. The average molecular weight is 342 g/mol. The number of aryl methyl sites for hydroxylation is 2. The first-order valence-corrected chi connectivity index (χ1v) is 8.96. The summed E-state index contributed by atoms with van der Waals surface area (Å²) in [6.45, 7) is 8.78. The van der Waals surface area contributed by atoms with E-state index in [-0.39, 0.29) is 11.1 Å². The van der Waals surface area contributed by atoms with Crippen molar-refractivity contribution in [2.75, 3.05) is 0 Å². The third-order valence-corrected chi connectivity index (χ3v) is 5.62. The molecule has 126 valence electrons. The highest BCUT2D eigenvalue weighted by Gasteiger charge is 2.27. The third kappa shape index (κ3) is 3.12. The number of rotatable bonds is 5. The minimum absolute atomic E-state index is 0.0520. The summed E-state index contributed by atoms with van der Waals surface area (Å²) in [7, 11) is 0. The third-order valence-electron chi connectivity index (χ3n) is 4.40. The first-order chi connectivity index (χ1) is 11.4. The van der Waals surface area contributed by atoms with Crippen LogP contribution in [0, 0.1) is 13.8 Å². The molecule has 3 heterocycles. The fourth-order valence-electron chi connectivity index (χ4n) is 2.64. The van der Waals surface area contributed by atoms with E-state index in [1.165, 1.54) is 0 Å². The van der Waals surface area contributed by atoms with Crippen molar-refractivity contribution < 1.29 is 0 Å². The SMILES string of the molecule is CC[C@@](C)(NCc1cc(=O)n2cccc(C)c2n1)c1nc(C)cs1. The van der Waals surface area contributed by atoms with E-state index in [4.69, 9.17) is 0 Å². The molecule has 0 radical (unpaired) electrons. The smallest absolute Gasteiger partial charge is 0.258 e. The lowest BCUT2D eigenvalue weighted by Crippen LogP contribution is -2.39. The van der Waals surface area contributed by atoms with Crippen molar-refractivity contribution in [3.05, 3.63) is 62.1 Å². The van der Waals surface area contributed by atoms with Crippen LogP contribution in [0.5, 0.6) is 0 Å². The van der Waals surface area contributed by atoms with Gasteiger partial charge in [-0.3, -0.25) is 14.5 Å². The van der Waals surface area contributed by atoms with Crippen molar-refractivity contribution in [2.45, 2.75) is 46.2 Å². The molecule has 3 aromatic heterocycles. The Morgan fingerprint density at radius 1 is 1.33 bits per heavy atom. The molecule has 3 aromatic rings. The van der Waals surface area contributed by atoms with Crippen LogP contribution >= 0.6 is 11.3 Å². The molecule has 0 aliphatic rings. The average Bonchev–Trinajstić information content (AvgIpc) is 3.01. The lowest BCUT2D eigenvalue weighted by molar-refractivity contribution is 0.347. The number of hydrogen-bond acceptors (Lipinski definition) is 5. The largest absolute Gasteiger partial charge is 0.300 e. The fourth-order valence-corrected chi connectivity index (χ4v) is 3.65. The minimum Gasteiger partial charge on any atom is -0.300 e. The van der Waals surface area contributed by atoms with Crippen LogP contribution in [0.3, 0.4) is 0 Å². The fraction of sp³-hybridized carbons (Fsp3) is 0.389. The summed E-state index contributed by atoms with van der Waals surface area (Å²) in [5.41, 5.74) is 3.22. The highest BCUT2D eigenvalue weighted by atomic mass is 32.1. The molecule has 24 heavy (non-hydrogen) atoms. The summed E-state index contributed by atoms with van der Waals surface area (Å²) in [6, 6.07) is 5.43. The lowest BCUT2D eigenvalue weighted by atomic mass is 9.99. The Labute approximate surface area is 145 Å². The molecule has 0 spiro atoms. The van der Waals surface area contributed by atoms with Crippen molar-refractivity contribution in [3.63, 3.8) is 0 Å². The van der Waals surface area contributed by atoms with Crippen LogP contribution in [0.2, 0.25) is 0 Å². The number of nitrogens with zero attached hydrogens (tertiary/aromatic N) is 3. The molecule has 0 unspecified atom stereocenters. The van der Waals surface area contributed by atoms with Crippen LogP contribution in [0.25, 0.3) is 5.65 Å². The molecule has 0 aliphatic carbocycles. The van der Waals surface area contributed by atoms with Crippen LogP contribution in [0.4, 0.5) is 0 Å². The monoisotopic (exact) mass is 342 g/mol. The molecule has 3 rings (SSSR count). The minimum atomic E-state index is -0.225. The predicted octanol–water partition coefficient (Wildman–Crippen LogP) is 3.18. The van der Waals surface area contributed by atoms with E-state index in [1.54, 1.807) is 28.0 Å². The van der Waals surface area contributed by atoms with Gasteiger partial charge in [0.25, 0.3) is 5.56 Å². The second-order valence-electron chi connectivity index (χ2n) is 6.30. The molecule has 6 heteroatoms. The van der Waals surface area contributed by atoms with Gasteiger partial charge in [-0.25, -0.2) is 9.97 Å². The van der Waals surface area contributed by atoms with Gasteiger partial charge in [-0.15, -0.1) is 11.3 Å². The Hall–Kier alpha value is -2.05. The second kappa shape index (κ2) is 6.45. The predicted molar refractivity (Wildman–Crippen MR) is 97.5 cm³/mol. The number of pyridine rings is 1. The highest BCUT2D eigenvalue weighted by Crippen LogP contribution is 2.27. The van der Waals surface area contributed by atoms with Crippen LogP contribution in [0.15, 0.2) is 34.6 Å². The number of fused-ring (bicyclic) bond motifs is 1. The van der Waals surface area contributed by atoms with E-state index in [0.717, 1.165) is 28.4 Å². The Balaban J connectivity index is 1.90. The van der Waals surface area contributed by atoms with Crippen LogP contribution in [0.1, 0.15) is 42.2 Å². The van der Waals surface area contributed by atoms with E-state index in [2.05, 4.69) is 34.5 Å². The first kappa shape index (κ1) is 16.8. The maximum Gasteiger partial charge on any atom is 0.258 e. The van der Waals surface area contributed by atoms with Crippen LogP contribution in [-0.4, -0.2) is 14.4 Å². The molecular weight excluding hydrogens is 320 g/mol. The second-order valence-corrected chi connectivity index (χ2v) is 7.16. The van der Waals surface area contributed by atoms with Gasteiger partial charge in [-0.1, -0.05) is 13.0 Å². The van der Waals surface area contributed by atoms with Gasteiger partial charge in [0.05, 0.1) is 11.2 Å². The topological polar surface area (TPSA) is 59.3 Å². The molecular formula is C18H22N4OS. The van der Waals surface area contributed by atoms with Gasteiger partial charge in [-0.05, 0) is 38.8 Å². The van der Waals surface area contributed by atoms with Gasteiger partial charge in [0.1, 0.15) is 10.7 Å². The maximum atomic E-state index is 12.3. The van der Waals surface area contributed by atoms with Gasteiger partial charge in [-0.2, -0.15) is 0 Å². The quantitative estimate of drug-likeness (QED) is 0.774. The molecule has 0 saturated carbocycles. The molecule has 1 N–H and O–H groups in total. The van der Waals surface area contributed by atoms with Crippen molar-refractivity contribution in [1.29, 1.82) is 0 Å². The standard InChI is InChI=1S/C18H22N4OS/c1-5-18(4,17-20-13(3)11-24-17)19-10-14-9-15(23)22-8-6-7-12(2)16(22)21-14/h6-9,11,19H,5,10H2,1-4H3/t18-/m1/s1. The zero-order valence-corrected chi connectivity index (χ0v) is 15.3. The Kier molecular flexibility index (Phi) is 4.51. The van der Waals surface area contributed by atoms with E-state index in [9.17, 15) is 4.79 Å². The Morgan fingerprint density at radius 2 is 2.12 bits per heavy atom. The molecule has 1 atom stereocenters. The van der Waals surface area contributed by atoms with Crippen molar-refractivity contribution >= 4 is 17.0 Å². The van der Waals surface area contributed by atoms with E-state index >= 15 is 0 Å². The highest BCUT2D eigenvalue weighted by molar-refractivity contribution is 7.09. The summed E-state index contributed by atoms with van der Waals surface area (Å²) in [5.74, 6) is 0. The number of thiazole rings is 1. The zero-order valence-electron chi connectivity index (χ0n) is 14.5. The van der Waals surface area contributed by atoms with Gasteiger partial charge < -0.3 is 0 Å². The van der Waals surface area contributed by atoms with Gasteiger partial charge in [0.2, 0.25) is 0 Å². The normalized spacial score (nSPS) is 14.0. The molecule has 5 nitrogen and oxygen atoms in total. The van der Waals surface area contributed by atoms with Crippen molar-refractivity contribution in [2.24, 2.45) is 0 Å². The van der Waals surface area contributed by atoms with Gasteiger partial charge >= 0.3 is 0 Å². The number of aromatic nitrogens is 3. The molecule has 0 aliphatic heterocycles. The maximum absolute atomic E-state index is 12.3. The van der Waals surface area contributed by atoms with E-state index in [0.29, 0.717) is 12.2 Å². The molecule has 0 fully saturated rings. The summed E-state index contributed by atoms with van der Waals surface area (Å²) in [5, 5.41) is 6.67. The summed E-state index contributed by atoms with van der Waals surface area (Å²) < 4.78 is 1.59. The van der Waals surface area contributed by atoms with Gasteiger partial charge in [0, 0.05) is 29.9 Å². The van der Waals surface area contributed by atoms with Crippen molar-refractivity contribution in [1.82, 2.24) is 19.7 Å². The summed E-state index contributed by atoms with van der Waals surface area (Å²) in [4.78, 5) is 21.6. The molecule has 0 aromatic carbocycles. The van der Waals surface area contributed by atoms with Crippen molar-refractivity contribution in [3.8, 4) is 0 Å². The lowest BCUT2D eigenvalue weighted by Gasteiger charge is -2.27. The first-order valence-electron chi connectivity index (χ1n) is 8.08. The number of nitrogens with one attached hydrogen (secondary N) is 1. The van der Waals surface area contributed by atoms with Gasteiger partial charge in [0.15, 0.2) is 0 Å². The summed E-state index contributed by atoms with van der Waals surface area (Å²) >= 11 is 1.66. The molecule has 0 bridgehead atoms. The van der Waals surface area contributed by atoms with Crippen LogP contribution < -0.4 is 10.9 Å².